The van der Waals surface area contributed by atoms with E-state index in [1.807, 2.05) is 22.6 Å². The van der Waals surface area contributed by atoms with Crippen LogP contribution in [-0.4, -0.2) is 17.7 Å². The number of halogens is 2. The van der Waals surface area contributed by atoms with Crippen molar-refractivity contribution in [2.75, 3.05) is 0 Å². The van der Waals surface area contributed by atoms with Gasteiger partial charge in [-0.3, -0.25) is 0 Å². The standard InChI is InChI=1S/C13H13FINO4/c1-4-8(14)5-9(6-15)16-7-10-11(17)19-13(2,3)20-12(10)18/h4-7,16H,1H2,2-3H3/b8-5+,9-6+. The molecule has 1 aliphatic heterocycles. The minimum Gasteiger partial charge on any atom is -0.419 e. The topological polar surface area (TPSA) is 64.6 Å². The molecule has 0 aromatic heterocycles. The van der Waals surface area contributed by atoms with E-state index in [1.54, 1.807) is 0 Å². The monoisotopic (exact) mass is 393 g/mol. The Bertz CT molecular complexity index is 512. The SMILES string of the molecule is C=C/C(F)=C\C(=C/I)NC=C1C(=O)OC(C)(C)OC1=O. The first-order chi connectivity index (χ1) is 9.29. The van der Waals surface area contributed by atoms with E-state index in [0.717, 1.165) is 18.4 Å². The third kappa shape index (κ3) is 4.48. The van der Waals surface area contributed by atoms with Crippen LogP contribution in [0.4, 0.5) is 4.39 Å². The zero-order chi connectivity index (χ0) is 15.3. The van der Waals surface area contributed by atoms with E-state index in [2.05, 4.69) is 11.9 Å². The van der Waals surface area contributed by atoms with Crippen LogP contribution in [0.1, 0.15) is 13.8 Å². The van der Waals surface area contributed by atoms with Gasteiger partial charge in [0.25, 0.3) is 5.79 Å². The van der Waals surface area contributed by atoms with Crippen molar-refractivity contribution in [2.45, 2.75) is 19.6 Å². The molecule has 0 aliphatic carbocycles. The Labute approximate surface area is 129 Å². The fraction of sp³-hybridized carbons (Fsp3) is 0.231. The minimum absolute atomic E-state index is 0.299. The molecule has 20 heavy (non-hydrogen) atoms. The molecule has 0 atom stereocenters. The highest BCUT2D eigenvalue weighted by atomic mass is 127. The second-order valence-corrected chi connectivity index (χ2v) is 4.80. The lowest BCUT2D eigenvalue weighted by Crippen LogP contribution is -2.42. The fourth-order valence-corrected chi connectivity index (χ4v) is 1.61. The number of esters is 2. The van der Waals surface area contributed by atoms with E-state index in [-0.39, 0.29) is 5.57 Å². The van der Waals surface area contributed by atoms with Gasteiger partial charge in [-0.15, -0.1) is 0 Å². The molecule has 0 saturated carbocycles. The summed E-state index contributed by atoms with van der Waals surface area (Å²) in [5.74, 6) is -3.46. The van der Waals surface area contributed by atoms with Crippen molar-refractivity contribution < 1.29 is 23.5 Å². The summed E-state index contributed by atoms with van der Waals surface area (Å²) in [4.78, 5) is 23.3. The van der Waals surface area contributed by atoms with Gasteiger partial charge in [0.05, 0.1) is 0 Å². The van der Waals surface area contributed by atoms with Crippen molar-refractivity contribution >= 4 is 34.5 Å². The van der Waals surface area contributed by atoms with Gasteiger partial charge in [0.1, 0.15) is 5.83 Å². The Morgan fingerprint density at radius 3 is 2.35 bits per heavy atom. The molecule has 7 heteroatoms. The molecule has 1 aliphatic rings. The van der Waals surface area contributed by atoms with Crippen LogP contribution < -0.4 is 5.32 Å². The number of carbonyl (C=O) groups is 2. The van der Waals surface area contributed by atoms with E-state index in [0.29, 0.717) is 5.70 Å². The minimum atomic E-state index is -1.29. The second-order valence-electron chi connectivity index (χ2n) is 4.18. The van der Waals surface area contributed by atoms with Crippen LogP contribution in [0.15, 0.2) is 46.1 Å². The van der Waals surface area contributed by atoms with Crippen molar-refractivity contribution in [3.05, 3.63) is 46.1 Å². The first-order valence-corrected chi connectivity index (χ1v) is 6.77. The zero-order valence-corrected chi connectivity index (χ0v) is 13.1. The molecular weight excluding hydrogens is 380 g/mol. The number of cyclic esters (lactones) is 2. The van der Waals surface area contributed by atoms with Crippen LogP contribution in [0.2, 0.25) is 0 Å². The van der Waals surface area contributed by atoms with Crippen molar-refractivity contribution in [2.24, 2.45) is 0 Å². The lowest BCUT2D eigenvalue weighted by atomic mass is 10.2. The number of hydrogen-bond donors (Lipinski definition) is 1. The molecule has 0 spiro atoms. The predicted octanol–water partition coefficient (Wildman–Crippen LogP) is 2.61. The molecule has 5 nitrogen and oxygen atoms in total. The van der Waals surface area contributed by atoms with Crippen LogP contribution in [0, 0.1) is 0 Å². The summed E-state index contributed by atoms with van der Waals surface area (Å²) in [6.07, 6.45) is 3.29. The molecule has 0 bridgehead atoms. The van der Waals surface area contributed by atoms with E-state index >= 15 is 0 Å². The van der Waals surface area contributed by atoms with Gasteiger partial charge < -0.3 is 14.8 Å². The van der Waals surface area contributed by atoms with Gasteiger partial charge in [-0.2, -0.15) is 0 Å². The number of ether oxygens (including phenoxy) is 2. The largest absolute Gasteiger partial charge is 0.419 e. The van der Waals surface area contributed by atoms with Gasteiger partial charge in [-0.25, -0.2) is 14.0 Å². The normalized spacial score (nSPS) is 19.1. The van der Waals surface area contributed by atoms with Gasteiger partial charge in [0.15, 0.2) is 5.57 Å². The Morgan fingerprint density at radius 2 is 1.90 bits per heavy atom. The van der Waals surface area contributed by atoms with E-state index in [9.17, 15) is 14.0 Å². The van der Waals surface area contributed by atoms with Gasteiger partial charge in [-0.05, 0) is 12.2 Å². The molecule has 1 fully saturated rings. The summed E-state index contributed by atoms with van der Waals surface area (Å²) >= 11 is 1.88. The fourth-order valence-electron chi connectivity index (χ4n) is 1.25. The maximum absolute atomic E-state index is 13.0. The van der Waals surface area contributed by atoms with Crippen LogP contribution in [0.25, 0.3) is 0 Å². The molecule has 108 valence electrons. The van der Waals surface area contributed by atoms with Crippen LogP contribution >= 0.6 is 22.6 Å². The number of carbonyl (C=O) groups excluding carboxylic acids is 2. The highest BCUT2D eigenvalue weighted by Gasteiger charge is 2.38. The summed E-state index contributed by atoms with van der Waals surface area (Å²) in [5, 5.41) is 2.62. The molecule has 1 rings (SSSR count). The molecule has 0 amide bonds. The molecular formula is C13H13FINO4. The summed E-state index contributed by atoms with van der Waals surface area (Å²) < 4.78 is 24.4. The van der Waals surface area contributed by atoms with Crippen molar-refractivity contribution in [1.82, 2.24) is 5.32 Å². The van der Waals surface area contributed by atoms with Crippen molar-refractivity contribution in [1.29, 1.82) is 0 Å². The van der Waals surface area contributed by atoms with Crippen molar-refractivity contribution in [3.63, 3.8) is 0 Å². The van der Waals surface area contributed by atoms with Gasteiger partial charge >= 0.3 is 11.9 Å². The highest BCUT2D eigenvalue weighted by Crippen LogP contribution is 2.22. The summed E-state index contributed by atoms with van der Waals surface area (Å²) in [6, 6.07) is 0. The summed E-state index contributed by atoms with van der Waals surface area (Å²) in [6.45, 7) is 6.17. The van der Waals surface area contributed by atoms with E-state index in [1.165, 1.54) is 17.9 Å². The Morgan fingerprint density at radius 1 is 1.35 bits per heavy atom. The first-order valence-electron chi connectivity index (χ1n) is 5.52. The van der Waals surface area contributed by atoms with E-state index in [4.69, 9.17) is 9.47 Å². The molecule has 1 saturated heterocycles. The number of allylic oxidation sites excluding steroid dienone is 3. The molecule has 0 aromatic carbocycles. The van der Waals surface area contributed by atoms with Crippen LogP contribution in [0.3, 0.4) is 0 Å². The average Bonchev–Trinajstić information content (AvgIpc) is 2.34. The Kier molecular flexibility index (Phi) is 5.49. The molecule has 1 N–H and O–H groups in total. The zero-order valence-electron chi connectivity index (χ0n) is 10.9. The number of hydrogen-bond acceptors (Lipinski definition) is 5. The highest BCUT2D eigenvalue weighted by molar-refractivity contribution is 14.1. The Hall–Kier alpha value is -1.64. The van der Waals surface area contributed by atoms with Crippen LogP contribution in [-0.2, 0) is 19.1 Å². The first kappa shape index (κ1) is 16.4. The third-order valence-corrected chi connectivity index (χ3v) is 2.78. The third-order valence-electron chi connectivity index (χ3n) is 2.11. The maximum atomic E-state index is 13.0. The van der Waals surface area contributed by atoms with Crippen LogP contribution in [0.5, 0.6) is 0 Å². The Balaban J connectivity index is 2.87. The molecule has 1 heterocycles. The van der Waals surface area contributed by atoms with E-state index < -0.39 is 23.6 Å². The van der Waals surface area contributed by atoms with Crippen molar-refractivity contribution in [3.8, 4) is 0 Å². The lowest BCUT2D eigenvalue weighted by molar-refractivity contribution is -0.222. The smallest absolute Gasteiger partial charge is 0.350 e. The second kappa shape index (κ2) is 6.69. The molecule has 0 unspecified atom stereocenters. The maximum Gasteiger partial charge on any atom is 0.350 e. The number of nitrogens with one attached hydrogen (secondary N) is 1. The lowest BCUT2D eigenvalue weighted by Gasteiger charge is -2.29. The number of rotatable bonds is 4. The summed E-state index contributed by atoms with van der Waals surface area (Å²) in [7, 11) is 0. The quantitative estimate of drug-likeness (QED) is 0.262. The molecule has 0 radical (unpaired) electrons. The van der Waals surface area contributed by atoms with Gasteiger partial charge in [-0.1, -0.05) is 29.2 Å². The average molecular weight is 393 g/mol. The molecule has 0 aromatic rings. The van der Waals surface area contributed by atoms with Gasteiger partial charge in [0, 0.05) is 29.8 Å². The van der Waals surface area contributed by atoms with Gasteiger partial charge in [0.2, 0.25) is 0 Å². The summed E-state index contributed by atoms with van der Waals surface area (Å²) in [5.41, 5.74) is 0.0356. The predicted molar refractivity (Wildman–Crippen MR) is 79.0 cm³/mol.